The number of aryl methyl sites for hydroxylation is 1. The Morgan fingerprint density at radius 3 is 2.82 bits per heavy atom. The standard InChI is InChI=1S/C12H12ClN3O/c1-7-4-9(14)12(15-6-7)16-10-5-8(13)2-3-11(10)17/h2-6,17H,14H2,1H3,(H,15,16). The van der Waals surface area contributed by atoms with Gasteiger partial charge in [-0.25, -0.2) is 4.98 Å². The van der Waals surface area contributed by atoms with Crippen LogP contribution in [-0.2, 0) is 0 Å². The number of benzene rings is 1. The van der Waals surface area contributed by atoms with Crippen LogP contribution in [0.5, 0.6) is 5.75 Å². The van der Waals surface area contributed by atoms with Crippen molar-refractivity contribution in [2.45, 2.75) is 6.92 Å². The summed E-state index contributed by atoms with van der Waals surface area (Å²) in [6.45, 7) is 1.91. The largest absolute Gasteiger partial charge is 0.506 e. The van der Waals surface area contributed by atoms with Crippen LogP contribution < -0.4 is 11.1 Å². The molecule has 0 aliphatic rings. The number of nitrogens with two attached hydrogens (primary N) is 1. The number of hydrogen-bond donors (Lipinski definition) is 3. The van der Waals surface area contributed by atoms with Gasteiger partial charge in [-0.2, -0.15) is 0 Å². The summed E-state index contributed by atoms with van der Waals surface area (Å²) in [6.07, 6.45) is 1.69. The lowest BCUT2D eigenvalue weighted by molar-refractivity contribution is 0.478. The number of halogens is 1. The van der Waals surface area contributed by atoms with Crippen LogP contribution in [-0.4, -0.2) is 10.1 Å². The molecule has 1 aromatic carbocycles. The summed E-state index contributed by atoms with van der Waals surface area (Å²) in [4.78, 5) is 4.15. The molecule has 4 N–H and O–H groups in total. The van der Waals surface area contributed by atoms with E-state index >= 15 is 0 Å². The normalized spacial score (nSPS) is 10.2. The molecule has 0 unspecified atom stereocenters. The maximum atomic E-state index is 9.65. The van der Waals surface area contributed by atoms with Gasteiger partial charge >= 0.3 is 0 Å². The van der Waals surface area contributed by atoms with Crippen molar-refractivity contribution in [3.63, 3.8) is 0 Å². The number of nitrogens with zero attached hydrogens (tertiary/aromatic N) is 1. The lowest BCUT2D eigenvalue weighted by Gasteiger charge is -2.10. The molecule has 0 saturated heterocycles. The van der Waals surface area contributed by atoms with E-state index in [0.717, 1.165) is 5.56 Å². The second kappa shape index (κ2) is 4.51. The first-order chi connectivity index (χ1) is 8.06. The van der Waals surface area contributed by atoms with Crippen LogP contribution in [0, 0.1) is 6.92 Å². The number of pyridine rings is 1. The summed E-state index contributed by atoms with van der Waals surface area (Å²) in [5.41, 5.74) is 7.78. The number of phenols is 1. The highest BCUT2D eigenvalue weighted by atomic mass is 35.5. The van der Waals surface area contributed by atoms with Gasteiger partial charge < -0.3 is 16.2 Å². The Labute approximate surface area is 104 Å². The molecule has 0 saturated carbocycles. The van der Waals surface area contributed by atoms with E-state index in [4.69, 9.17) is 17.3 Å². The Morgan fingerprint density at radius 1 is 1.35 bits per heavy atom. The molecule has 2 rings (SSSR count). The molecular weight excluding hydrogens is 238 g/mol. The van der Waals surface area contributed by atoms with Crippen molar-refractivity contribution >= 4 is 28.8 Å². The fourth-order valence-electron chi connectivity index (χ4n) is 1.43. The smallest absolute Gasteiger partial charge is 0.153 e. The Kier molecular flexibility index (Phi) is 3.06. The van der Waals surface area contributed by atoms with Crippen molar-refractivity contribution in [3.8, 4) is 5.75 Å². The molecule has 0 aliphatic carbocycles. The molecule has 17 heavy (non-hydrogen) atoms. The minimum Gasteiger partial charge on any atom is -0.506 e. The van der Waals surface area contributed by atoms with E-state index in [1.807, 2.05) is 6.92 Å². The van der Waals surface area contributed by atoms with Gasteiger partial charge in [0.25, 0.3) is 0 Å². The third-order valence-corrected chi connectivity index (χ3v) is 2.50. The van der Waals surface area contributed by atoms with Crippen molar-refractivity contribution in [1.29, 1.82) is 0 Å². The van der Waals surface area contributed by atoms with E-state index in [-0.39, 0.29) is 5.75 Å². The van der Waals surface area contributed by atoms with Gasteiger partial charge in [-0.3, -0.25) is 0 Å². The molecule has 0 fully saturated rings. The molecule has 0 aliphatic heterocycles. The average Bonchev–Trinajstić information content (AvgIpc) is 2.27. The Balaban J connectivity index is 2.34. The van der Waals surface area contributed by atoms with Gasteiger partial charge in [-0.05, 0) is 36.8 Å². The first kappa shape index (κ1) is 11.5. The van der Waals surface area contributed by atoms with Gasteiger partial charge in [-0.1, -0.05) is 11.6 Å². The number of nitrogens with one attached hydrogen (secondary N) is 1. The second-order valence-electron chi connectivity index (χ2n) is 3.74. The molecule has 0 atom stereocenters. The lowest BCUT2D eigenvalue weighted by atomic mass is 10.2. The van der Waals surface area contributed by atoms with E-state index in [1.54, 1.807) is 24.4 Å². The van der Waals surface area contributed by atoms with Gasteiger partial charge in [0.2, 0.25) is 0 Å². The number of aromatic hydroxyl groups is 1. The van der Waals surface area contributed by atoms with Crippen molar-refractivity contribution in [2.24, 2.45) is 0 Å². The number of phenolic OH excluding ortho intramolecular Hbond substituents is 1. The zero-order valence-corrected chi connectivity index (χ0v) is 9.99. The minimum absolute atomic E-state index is 0.0937. The van der Waals surface area contributed by atoms with Crippen molar-refractivity contribution in [2.75, 3.05) is 11.1 Å². The predicted octanol–water partition coefficient (Wildman–Crippen LogP) is 3.07. The molecule has 0 spiro atoms. The Bertz CT molecular complexity index is 557. The summed E-state index contributed by atoms with van der Waals surface area (Å²) in [5.74, 6) is 0.587. The molecule has 0 radical (unpaired) electrons. The lowest BCUT2D eigenvalue weighted by Crippen LogP contribution is -1.99. The van der Waals surface area contributed by atoms with Crippen LogP contribution in [0.4, 0.5) is 17.2 Å². The van der Waals surface area contributed by atoms with Crippen LogP contribution in [0.1, 0.15) is 5.56 Å². The first-order valence-corrected chi connectivity index (χ1v) is 5.42. The molecule has 0 bridgehead atoms. The number of anilines is 3. The van der Waals surface area contributed by atoms with E-state index in [1.165, 1.54) is 6.07 Å². The van der Waals surface area contributed by atoms with E-state index < -0.39 is 0 Å². The number of rotatable bonds is 2. The fraction of sp³-hybridized carbons (Fsp3) is 0.0833. The van der Waals surface area contributed by atoms with Crippen LogP contribution in [0.3, 0.4) is 0 Å². The van der Waals surface area contributed by atoms with Crippen molar-refractivity contribution < 1.29 is 5.11 Å². The van der Waals surface area contributed by atoms with Gasteiger partial charge in [0.05, 0.1) is 11.4 Å². The Hall–Kier alpha value is -1.94. The molecule has 5 heteroatoms. The predicted molar refractivity (Wildman–Crippen MR) is 69.8 cm³/mol. The van der Waals surface area contributed by atoms with Crippen LogP contribution in [0.2, 0.25) is 5.02 Å². The van der Waals surface area contributed by atoms with Gasteiger partial charge in [0, 0.05) is 11.2 Å². The molecule has 88 valence electrons. The fourth-order valence-corrected chi connectivity index (χ4v) is 1.60. The SMILES string of the molecule is Cc1cnc(Nc2cc(Cl)ccc2O)c(N)c1. The molecular formula is C12H12ClN3O. The Morgan fingerprint density at radius 2 is 2.12 bits per heavy atom. The maximum absolute atomic E-state index is 9.65. The third-order valence-electron chi connectivity index (χ3n) is 2.27. The van der Waals surface area contributed by atoms with Crippen LogP contribution in [0.25, 0.3) is 0 Å². The summed E-state index contributed by atoms with van der Waals surface area (Å²) in [6, 6.07) is 6.53. The summed E-state index contributed by atoms with van der Waals surface area (Å²) in [5, 5.41) is 13.1. The van der Waals surface area contributed by atoms with Gasteiger partial charge in [0.15, 0.2) is 5.82 Å². The molecule has 1 aromatic heterocycles. The highest BCUT2D eigenvalue weighted by molar-refractivity contribution is 6.31. The third kappa shape index (κ3) is 2.60. The zero-order chi connectivity index (χ0) is 12.4. The number of nitrogen functional groups attached to an aromatic ring is 1. The molecule has 0 amide bonds. The number of hydrogen-bond acceptors (Lipinski definition) is 4. The molecule has 2 aromatic rings. The topological polar surface area (TPSA) is 71.2 Å². The van der Waals surface area contributed by atoms with Crippen LogP contribution >= 0.6 is 11.6 Å². The zero-order valence-electron chi connectivity index (χ0n) is 9.24. The quantitative estimate of drug-likeness (QED) is 0.716. The minimum atomic E-state index is 0.0937. The second-order valence-corrected chi connectivity index (χ2v) is 4.17. The van der Waals surface area contributed by atoms with Crippen molar-refractivity contribution in [3.05, 3.63) is 41.0 Å². The first-order valence-electron chi connectivity index (χ1n) is 5.04. The van der Waals surface area contributed by atoms with Crippen LogP contribution in [0.15, 0.2) is 30.5 Å². The average molecular weight is 250 g/mol. The monoisotopic (exact) mass is 249 g/mol. The number of aromatic nitrogens is 1. The highest BCUT2D eigenvalue weighted by Crippen LogP contribution is 2.30. The van der Waals surface area contributed by atoms with E-state index in [9.17, 15) is 5.11 Å². The van der Waals surface area contributed by atoms with Gasteiger partial charge in [0.1, 0.15) is 5.75 Å². The molecule has 1 heterocycles. The summed E-state index contributed by atoms with van der Waals surface area (Å²) < 4.78 is 0. The molecule has 4 nitrogen and oxygen atoms in total. The summed E-state index contributed by atoms with van der Waals surface area (Å²) in [7, 11) is 0. The summed E-state index contributed by atoms with van der Waals surface area (Å²) >= 11 is 5.85. The van der Waals surface area contributed by atoms with E-state index in [2.05, 4.69) is 10.3 Å². The highest BCUT2D eigenvalue weighted by Gasteiger charge is 2.06. The van der Waals surface area contributed by atoms with Crippen molar-refractivity contribution in [1.82, 2.24) is 4.98 Å². The van der Waals surface area contributed by atoms with Gasteiger partial charge in [-0.15, -0.1) is 0 Å². The van der Waals surface area contributed by atoms with E-state index in [0.29, 0.717) is 22.2 Å². The maximum Gasteiger partial charge on any atom is 0.153 e.